The normalized spacial score (nSPS) is 10.5. The lowest BCUT2D eigenvalue weighted by Crippen LogP contribution is -2.12. The predicted octanol–water partition coefficient (Wildman–Crippen LogP) is 2.32. The van der Waals surface area contributed by atoms with Crippen molar-refractivity contribution in [2.75, 3.05) is 46.8 Å². The summed E-state index contributed by atoms with van der Waals surface area (Å²) < 4.78 is 21.8. The van der Waals surface area contributed by atoms with Crippen LogP contribution in [0.4, 0.5) is 0 Å². The Bertz CT molecular complexity index is 397. The molecule has 0 heterocycles. The molecule has 0 spiro atoms. The van der Waals surface area contributed by atoms with E-state index < -0.39 is 0 Å². The Labute approximate surface area is 127 Å². The molecule has 0 amide bonds. The average molecular weight is 347 g/mol. The average Bonchev–Trinajstić information content (AvgIpc) is 2.46. The van der Waals surface area contributed by atoms with Crippen molar-refractivity contribution in [1.82, 2.24) is 0 Å². The zero-order valence-electron chi connectivity index (χ0n) is 11.5. The molecule has 0 aromatic heterocycles. The summed E-state index contributed by atoms with van der Waals surface area (Å²) in [6, 6.07) is 5.29. The van der Waals surface area contributed by atoms with Crippen molar-refractivity contribution in [2.24, 2.45) is 0 Å². The SMILES string of the molecule is COCCOCCOCCOc1ccc(Br)cc1C=O. The van der Waals surface area contributed by atoms with Gasteiger partial charge in [-0.3, -0.25) is 4.79 Å². The van der Waals surface area contributed by atoms with Gasteiger partial charge < -0.3 is 18.9 Å². The number of ether oxygens (including phenoxy) is 4. The summed E-state index contributed by atoms with van der Waals surface area (Å²) in [6.45, 7) is 3.02. The molecule has 0 bridgehead atoms. The van der Waals surface area contributed by atoms with E-state index in [0.717, 1.165) is 10.8 Å². The summed E-state index contributed by atoms with van der Waals surface area (Å²) in [5, 5.41) is 0. The van der Waals surface area contributed by atoms with Crippen LogP contribution in [0.2, 0.25) is 0 Å². The fourth-order valence-corrected chi connectivity index (χ4v) is 1.80. The van der Waals surface area contributed by atoms with Crippen molar-refractivity contribution in [1.29, 1.82) is 0 Å². The topological polar surface area (TPSA) is 54.0 Å². The summed E-state index contributed by atoms with van der Waals surface area (Å²) in [7, 11) is 1.63. The molecule has 0 fully saturated rings. The highest BCUT2D eigenvalue weighted by Gasteiger charge is 2.03. The zero-order chi connectivity index (χ0) is 14.6. The van der Waals surface area contributed by atoms with E-state index in [0.29, 0.717) is 51.0 Å². The van der Waals surface area contributed by atoms with Crippen molar-refractivity contribution in [3.05, 3.63) is 28.2 Å². The van der Waals surface area contributed by atoms with Gasteiger partial charge in [-0.25, -0.2) is 0 Å². The lowest BCUT2D eigenvalue weighted by Gasteiger charge is -2.09. The van der Waals surface area contributed by atoms with Crippen molar-refractivity contribution in [2.45, 2.75) is 0 Å². The van der Waals surface area contributed by atoms with Crippen LogP contribution in [0.1, 0.15) is 10.4 Å². The highest BCUT2D eigenvalue weighted by atomic mass is 79.9. The first kappa shape index (κ1) is 17.1. The lowest BCUT2D eigenvalue weighted by atomic mass is 10.2. The molecule has 6 heteroatoms. The first-order valence-electron chi connectivity index (χ1n) is 6.30. The van der Waals surface area contributed by atoms with Crippen LogP contribution >= 0.6 is 15.9 Å². The Hall–Kier alpha value is -0.950. The predicted molar refractivity (Wildman–Crippen MR) is 78.5 cm³/mol. The maximum absolute atomic E-state index is 10.9. The smallest absolute Gasteiger partial charge is 0.153 e. The summed E-state index contributed by atoms with van der Waals surface area (Å²) in [5.41, 5.74) is 0.516. The van der Waals surface area contributed by atoms with E-state index >= 15 is 0 Å². The number of benzene rings is 1. The quantitative estimate of drug-likeness (QED) is 0.454. The molecule has 1 rings (SSSR count). The molecule has 1 aromatic rings. The number of hydrogen-bond acceptors (Lipinski definition) is 5. The Kier molecular flexibility index (Phi) is 9.23. The van der Waals surface area contributed by atoms with Crippen LogP contribution in [0.25, 0.3) is 0 Å². The van der Waals surface area contributed by atoms with E-state index in [2.05, 4.69) is 15.9 Å². The second-order valence-corrected chi connectivity index (χ2v) is 4.78. The van der Waals surface area contributed by atoms with Gasteiger partial charge in [0.2, 0.25) is 0 Å². The molecule has 1 aromatic carbocycles. The van der Waals surface area contributed by atoms with Crippen LogP contribution < -0.4 is 4.74 Å². The van der Waals surface area contributed by atoms with Gasteiger partial charge in [0.15, 0.2) is 6.29 Å². The summed E-state index contributed by atoms with van der Waals surface area (Å²) in [6.07, 6.45) is 0.768. The van der Waals surface area contributed by atoms with Gasteiger partial charge in [0.25, 0.3) is 0 Å². The molecule has 0 unspecified atom stereocenters. The Balaban J connectivity index is 2.11. The van der Waals surface area contributed by atoms with Gasteiger partial charge in [0.05, 0.1) is 38.6 Å². The van der Waals surface area contributed by atoms with Crippen LogP contribution in [0.3, 0.4) is 0 Å². The minimum absolute atomic E-state index is 0.389. The van der Waals surface area contributed by atoms with Crippen molar-refractivity contribution in [3.63, 3.8) is 0 Å². The summed E-state index contributed by atoms with van der Waals surface area (Å²) >= 11 is 3.30. The lowest BCUT2D eigenvalue weighted by molar-refractivity contribution is 0.0179. The maximum atomic E-state index is 10.9. The van der Waals surface area contributed by atoms with E-state index in [-0.39, 0.29) is 0 Å². The number of carbonyl (C=O) groups is 1. The van der Waals surface area contributed by atoms with E-state index in [1.165, 1.54) is 0 Å². The second kappa shape index (κ2) is 10.8. The number of aldehydes is 1. The van der Waals surface area contributed by atoms with Crippen LogP contribution in [-0.4, -0.2) is 53.0 Å². The van der Waals surface area contributed by atoms with Gasteiger partial charge in [-0.05, 0) is 18.2 Å². The van der Waals surface area contributed by atoms with Gasteiger partial charge >= 0.3 is 0 Å². The van der Waals surface area contributed by atoms with E-state index in [1.54, 1.807) is 19.2 Å². The minimum atomic E-state index is 0.389. The Morgan fingerprint density at radius 1 is 1.05 bits per heavy atom. The van der Waals surface area contributed by atoms with Crippen molar-refractivity contribution >= 4 is 22.2 Å². The fraction of sp³-hybridized carbons (Fsp3) is 0.500. The summed E-state index contributed by atoms with van der Waals surface area (Å²) in [4.78, 5) is 10.9. The van der Waals surface area contributed by atoms with Crippen LogP contribution in [0.5, 0.6) is 5.75 Å². The highest BCUT2D eigenvalue weighted by Crippen LogP contribution is 2.21. The Morgan fingerprint density at radius 2 is 1.70 bits per heavy atom. The molecule has 0 N–H and O–H groups in total. The van der Waals surface area contributed by atoms with Crippen molar-refractivity contribution in [3.8, 4) is 5.75 Å². The fourth-order valence-electron chi connectivity index (χ4n) is 1.42. The number of carbonyl (C=O) groups excluding carboxylic acids is 1. The molecular weight excluding hydrogens is 328 g/mol. The molecule has 0 saturated carbocycles. The minimum Gasteiger partial charge on any atom is -0.490 e. The van der Waals surface area contributed by atoms with Gasteiger partial charge in [0.1, 0.15) is 12.4 Å². The van der Waals surface area contributed by atoms with Crippen molar-refractivity contribution < 1.29 is 23.7 Å². The van der Waals surface area contributed by atoms with Crippen LogP contribution in [0.15, 0.2) is 22.7 Å². The second-order valence-electron chi connectivity index (χ2n) is 3.87. The van der Waals surface area contributed by atoms with Crippen LogP contribution in [0, 0.1) is 0 Å². The first-order chi connectivity index (χ1) is 9.77. The van der Waals surface area contributed by atoms with Gasteiger partial charge in [-0.2, -0.15) is 0 Å². The molecule has 0 radical (unpaired) electrons. The van der Waals surface area contributed by atoms with Crippen LogP contribution in [-0.2, 0) is 14.2 Å². The maximum Gasteiger partial charge on any atom is 0.153 e. The molecule has 112 valence electrons. The number of halogens is 1. The molecule has 0 atom stereocenters. The molecular formula is C14H19BrO5. The third-order valence-corrected chi connectivity index (χ3v) is 2.88. The third-order valence-electron chi connectivity index (χ3n) is 2.39. The molecule has 0 aliphatic carbocycles. The molecule has 0 aliphatic rings. The third kappa shape index (κ3) is 7.00. The number of rotatable bonds is 11. The standard InChI is InChI=1S/C14H19BrO5/c1-17-4-5-18-6-7-19-8-9-20-14-3-2-13(15)10-12(14)11-16/h2-3,10-11H,4-9H2,1H3. The van der Waals surface area contributed by atoms with E-state index in [9.17, 15) is 4.79 Å². The molecule has 0 aliphatic heterocycles. The van der Waals surface area contributed by atoms with Gasteiger partial charge in [0, 0.05) is 11.6 Å². The monoisotopic (exact) mass is 346 g/mol. The van der Waals surface area contributed by atoms with Gasteiger partial charge in [-0.1, -0.05) is 15.9 Å². The summed E-state index contributed by atoms with van der Waals surface area (Å²) in [5.74, 6) is 0.558. The molecule has 5 nitrogen and oxygen atoms in total. The molecule has 20 heavy (non-hydrogen) atoms. The van der Waals surface area contributed by atoms with E-state index in [1.807, 2.05) is 6.07 Å². The number of methoxy groups -OCH3 is 1. The zero-order valence-corrected chi connectivity index (χ0v) is 13.1. The van der Waals surface area contributed by atoms with Gasteiger partial charge in [-0.15, -0.1) is 0 Å². The van der Waals surface area contributed by atoms with E-state index in [4.69, 9.17) is 18.9 Å². The molecule has 0 saturated heterocycles. The number of hydrogen-bond donors (Lipinski definition) is 0. The highest BCUT2D eigenvalue weighted by molar-refractivity contribution is 9.10. The Morgan fingerprint density at radius 3 is 2.35 bits per heavy atom. The largest absolute Gasteiger partial charge is 0.490 e. The first-order valence-corrected chi connectivity index (χ1v) is 7.09.